The van der Waals surface area contributed by atoms with Gasteiger partial charge in [0.25, 0.3) is 0 Å². The number of hydrogen-bond acceptors (Lipinski definition) is 7. The summed E-state index contributed by atoms with van der Waals surface area (Å²) in [6.07, 6.45) is 0. The summed E-state index contributed by atoms with van der Waals surface area (Å²) in [5, 5.41) is 0. The normalized spacial score (nSPS) is 9.53. The number of nitrogen functional groups attached to an aromatic ring is 3. The molecule has 0 aliphatic carbocycles. The molecule has 12 heteroatoms. The van der Waals surface area contributed by atoms with Gasteiger partial charge in [-0.3, -0.25) is 0 Å². The molecule has 10 nitrogen and oxygen atoms in total. The number of hydrogen-bond donors (Lipinski definition) is 6. The van der Waals surface area contributed by atoms with Gasteiger partial charge in [-0.15, -0.1) is 0 Å². The Morgan fingerprint density at radius 3 is 1.13 bits per heavy atom. The van der Waals surface area contributed by atoms with Crippen LogP contribution < -0.4 is 17.2 Å². The molecule has 3 radical (unpaired) electrons. The lowest BCUT2D eigenvalue weighted by atomic mass is 10.9. The minimum Gasteiger partial charge on any atom is -0.368 e. The molecule has 0 aliphatic heterocycles. The monoisotopic (exact) mass is 255 g/mol. The Morgan fingerprint density at radius 1 is 0.867 bits per heavy atom. The summed E-state index contributed by atoms with van der Waals surface area (Å²) in [6.45, 7) is 0. The van der Waals surface area contributed by atoms with E-state index in [1.165, 1.54) is 0 Å². The van der Waals surface area contributed by atoms with E-state index in [0.29, 0.717) is 0 Å². The van der Waals surface area contributed by atoms with Gasteiger partial charge in [0, 0.05) is 9.90 Å². The third-order valence-electron chi connectivity index (χ3n) is 0.687. The number of phosphoric acid groups is 1. The fraction of sp³-hybridized carbons (Fsp3) is 0. The summed E-state index contributed by atoms with van der Waals surface area (Å²) in [7, 11) is -4.64. The van der Waals surface area contributed by atoms with Crippen molar-refractivity contribution >= 4 is 35.6 Å². The molecule has 0 saturated heterocycles. The van der Waals surface area contributed by atoms with Gasteiger partial charge in [-0.25, -0.2) is 4.57 Å². The van der Waals surface area contributed by atoms with Gasteiger partial charge in [-0.1, -0.05) is 0 Å². The van der Waals surface area contributed by atoms with Crippen LogP contribution in [0.3, 0.4) is 0 Å². The lowest BCUT2D eigenvalue weighted by Gasteiger charge is -1.93. The molecule has 0 bridgehead atoms. The highest BCUT2D eigenvalue weighted by molar-refractivity contribution is 7.45. The van der Waals surface area contributed by atoms with Crippen LogP contribution in [-0.2, 0) is 4.57 Å². The SMILES string of the molecule is Nc1nc(N)nc(N)n1.O=P(O)(O)O.[P]. The first-order chi connectivity index (χ1) is 6.18. The van der Waals surface area contributed by atoms with E-state index >= 15 is 0 Å². The Balaban J connectivity index is 0. The number of aromatic nitrogens is 3. The number of rotatable bonds is 0. The zero-order valence-electron chi connectivity index (χ0n) is 7.22. The minimum atomic E-state index is -4.64. The molecule has 0 atom stereocenters. The molecule has 0 aromatic carbocycles. The maximum Gasteiger partial charge on any atom is 0.466 e. The Hall–Kier alpha value is -1.05. The molecule has 0 fully saturated rings. The lowest BCUT2D eigenvalue weighted by molar-refractivity contribution is 0.275. The van der Waals surface area contributed by atoms with Crippen molar-refractivity contribution in [2.24, 2.45) is 0 Å². The predicted molar refractivity (Wildman–Crippen MR) is 54.2 cm³/mol. The molecular formula is C3H9N6O4P2. The van der Waals surface area contributed by atoms with Crippen LogP contribution >= 0.6 is 17.7 Å². The summed E-state index contributed by atoms with van der Waals surface area (Å²) in [4.78, 5) is 32.0. The quantitative estimate of drug-likeness (QED) is 0.298. The van der Waals surface area contributed by atoms with Crippen molar-refractivity contribution in [2.45, 2.75) is 0 Å². The van der Waals surface area contributed by atoms with Gasteiger partial charge in [0.1, 0.15) is 0 Å². The Bertz CT molecular complexity index is 295. The fourth-order valence-electron chi connectivity index (χ4n) is 0.427. The van der Waals surface area contributed by atoms with Crippen molar-refractivity contribution in [2.75, 3.05) is 17.2 Å². The number of nitrogens with zero attached hydrogens (tertiary/aromatic N) is 3. The smallest absolute Gasteiger partial charge is 0.368 e. The second-order valence-electron chi connectivity index (χ2n) is 1.92. The van der Waals surface area contributed by atoms with E-state index in [4.69, 9.17) is 36.4 Å². The molecule has 9 N–H and O–H groups in total. The second kappa shape index (κ2) is 6.44. The van der Waals surface area contributed by atoms with Crippen LogP contribution in [0.15, 0.2) is 0 Å². The molecule has 15 heavy (non-hydrogen) atoms. The molecule has 85 valence electrons. The summed E-state index contributed by atoms with van der Waals surface area (Å²) in [5.41, 5.74) is 15.4. The Labute approximate surface area is 87.8 Å². The maximum absolute atomic E-state index is 8.88. The van der Waals surface area contributed by atoms with E-state index in [2.05, 4.69) is 15.0 Å². The molecule has 0 unspecified atom stereocenters. The standard InChI is InChI=1S/C3H6N6.H3O4P.P/c4-1-7-2(5)9-3(6)8-1;1-5(2,3)4;/h(H6,4,5,6,7,8,9);(H3,1,2,3,4);. The second-order valence-corrected chi connectivity index (χ2v) is 2.95. The Morgan fingerprint density at radius 2 is 1.00 bits per heavy atom. The van der Waals surface area contributed by atoms with E-state index in [-0.39, 0.29) is 27.7 Å². The number of nitrogens with two attached hydrogens (primary N) is 3. The predicted octanol–water partition coefficient (Wildman–Crippen LogP) is -1.45. The average molecular weight is 255 g/mol. The van der Waals surface area contributed by atoms with Crippen LogP contribution in [0.25, 0.3) is 0 Å². The van der Waals surface area contributed by atoms with Crippen LogP contribution in [-0.4, -0.2) is 29.6 Å². The summed E-state index contributed by atoms with van der Waals surface area (Å²) >= 11 is 0. The van der Waals surface area contributed by atoms with Crippen LogP contribution in [0.2, 0.25) is 0 Å². The fourth-order valence-corrected chi connectivity index (χ4v) is 0.427. The average Bonchev–Trinajstić information content (AvgIpc) is 1.77. The van der Waals surface area contributed by atoms with Gasteiger partial charge in [-0.2, -0.15) is 15.0 Å². The zero-order chi connectivity index (χ0) is 11.4. The first-order valence-corrected chi connectivity index (χ1v) is 4.56. The van der Waals surface area contributed by atoms with Crippen molar-refractivity contribution in [3.05, 3.63) is 0 Å². The zero-order valence-corrected chi connectivity index (χ0v) is 9.01. The van der Waals surface area contributed by atoms with Gasteiger partial charge in [0.15, 0.2) is 0 Å². The van der Waals surface area contributed by atoms with Crippen LogP contribution in [0.1, 0.15) is 0 Å². The van der Waals surface area contributed by atoms with E-state index in [1.54, 1.807) is 0 Å². The highest BCUT2D eigenvalue weighted by Crippen LogP contribution is 2.25. The van der Waals surface area contributed by atoms with Gasteiger partial charge >= 0.3 is 7.82 Å². The summed E-state index contributed by atoms with van der Waals surface area (Å²) < 4.78 is 8.88. The first-order valence-electron chi connectivity index (χ1n) is 2.99. The third-order valence-corrected chi connectivity index (χ3v) is 0.687. The molecule has 0 amide bonds. The molecule has 0 aliphatic rings. The van der Waals surface area contributed by atoms with Crippen molar-refractivity contribution < 1.29 is 19.2 Å². The van der Waals surface area contributed by atoms with Crippen molar-refractivity contribution in [3.8, 4) is 0 Å². The van der Waals surface area contributed by atoms with Crippen LogP contribution in [0.5, 0.6) is 0 Å². The summed E-state index contributed by atoms with van der Waals surface area (Å²) in [6, 6.07) is 0. The lowest BCUT2D eigenvalue weighted by Crippen LogP contribution is -2.05. The van der Waals surface area contributed by atoms with Gasteiger partial charge in [0.05, 0.1) is 0 Å². The first kappa shape index (κ1) is 16.4. The van der Waals surface area contributed by atoms with Gasteiger partial charge in [0.2, 0.25) is 17.8 Å². The van der Waals surface area contributed by atoms with E-state index < -0.39 is 7.82 Å². The molecule has 0 saturated carbocycles. The molecular weight excluding hydrogens is 246 g/mol. The van der Waals surface area contributed by atoms with E-state index in [9.17, 15) is 0 Å². The highest BCUT2D eigenvalue weighted by atomic mass is 31.2. The minimum absolute atomic E-state index is 0. The number of anilines is 3. The highest BCUT2D eigenvalue weighted by Gasteiger charge is 2.00. The van der Waals surface area contributed by atoms with Crippen molar-refractivity contribution in [3.63, 3.8) is 0 Å². The molecule has 1 heterocycles. The topological polar surface area (TPSA) is 194 Å². The molecule has 0 spiro atoms. The molecule has 1 rings (SSSR count). The van der Waals surface area contributed by atoms with Crippen LogP contribution in [0.4, 0.5) is 17.8 Å². The van der Waals surface area contributed by atoms with Gasteiger partial charge < -0.3 is 31.9 Å². The van der Waals surface area contributed by atoms with Crippen LogP contribution in [0, 0.1) is 0 Å². The Kier molecular flexibility index (Phi) is 7.03. The van der Waals surface area contributed by atoms with Gasteiger partial charge in [-0.05, 0) is 0 Å². The maximum atomic E-state index is 8.88. The summed E-state index contributed by atoms with van der Waals surface area (Å²) in [5.74, 6) is 0.125. The van der Waals surface area contributed by atoms with Crippen molar-refractivity contribution in [1.29, 1.82) is 0 Å². The third kappa shape index (κ3) is 12.9. The molecule has 1 aromatic heterocycles. The van der Waals surface area contributed by atoms with E-state index in [0.717, 1.165) is 0 Å². The van der Waals surface area contributed by atoms with E-state index in [1.807, 2.05) is 0 Å². The largest absolute Gasteiger partial charge is 0.466 e. The molecule has 1 aromatic rings. The van der Waals surface area contributed by atoms with Crippen molar-refractivity contribution in [1.82, 2.24) is 15.0 Å².